The minimum atomic E-state index is -3.33. The molecule has 0 spiro atoms. The Balaban J connectivity index is 2.09. The first-order chi connectivity index (χ1) is 11.2. The van der Waals surface area contributed by atoms with E-state index in [0.29, 0.717) is 18.8 Å². The molecule has 1 amide bonds. The van der Waals surface area contributed by atoms with Crippen LogP contribution in [0.1, 0.15) is 25.5 Å². The van der Waals surface area contributed by atoms with Crippen LogP contribution in [-0.2, 0) is 21.4 Å². The molecule has 1 aliphatic heterocycles. The Morgan fingerprint density at radius 2 is 2.08 bits per heavy atom. The van der Waals surface area contributed by atoms with Crippen molar-refractivity contribution in [1.82, 2.24) is 19.4 Å². The van der Waals surface area contributed by atoms with Crippen molar-refractivity contribution in [2.75, 3.05) is 19.3 Å². The number of carbonyl (C=O) groups is 1. The summed E-state index contributed by atoms with van der Waals surface area (Å²) in [5, 5.41) is 4.06. The molecule has 1 N–H and O–H groups in total. The zero-order valence-electron chi connectivity index (χ0n) is 14.2. The van der Waals surface area contributed by atoms with E-state index in [-0.39, 0.29) is 30.0 Å². The van der Waals surface area contributed by atoms with E-state index < -0.39 is 10.0 Å². The second-order valence-electron chi connectivity index (χ2n) is 6.31. The van der Waals surface area contributed by atoms with Crippen LogP contribution >= 0.6 is 0 Å². The number of nitrogens with zero attached hydrogens (tertiary/aromatic N) is 3. The number of amides is 1. The molecule has 0 aromatic carbocycles. The zero-order valence-corrected chi connectivity index (χ0v) is 15.0. The summed E-state index contributed by atoms with van der Waals surface area (Å²) in [6.45, 7) is 4.44. The van der Waals surface area contributed by atoms with Crippen LogP contribution in [0.3, 0.4) is 0 Å². The molecule has 1 fully saturated rings. The van der Waals surface area contributed by atoms with Crippen LogP contribution in [0.2, 0.25) is 0 Å². The van der Waals surface area contributed by atoms with Gasteiger partial charge in [-0.1, -0.05) is 13.3 Å². The largest absolute Gasteiger partial charge is 0.339 e. The van der Waals surface area contributed by atoms with Gasteiger partial charge >= 0.3 is 0 Å². The molecule has 1 saturated heterocycles. The molecule has 2 heterocycles. The van der Waals surface area contributed by atoms with Crippen LogP contribution in [-0.4, -0.2) is 54.4 Å². The SMILES string of the molecule is CCC[C@@H]1CN(C(=O)Cn2nc(C)ccc2=O)C[C@H]1NS(C)(=O)=O. The molecular weight excluding hydrogens is 332 g/mol. The van der Waals surface area contributed by atoms with Gasteiger partial charge in [-0.15, -0.1) is 0 Å². The van der Waals surface area contributed by atoms with E-state index in [1.165, 1.54) is 6.07 Å². The third-order valence-electron chi connectivity index (χ3n) is 4.10. The van der Waals surface area contributed by atoms with E-state index in [1.807, 2.05) is 6.92 Å². The summed E-state index contributed by atoms with van der Waals surface area (Å²) in [6.07, 6.45) is 2.86. The highest BCUT2D eigenvalue weighted by Gasteiger charge is 2.36. The summed E-state index contributed by atoms with van der Waals surface area (Å²) in [5.74, 6) is -0.148. The fraction of sp³-hybridized carbons (Fsp3) is 0.667. The monoisotopic (exact) mass is 356 g/mol. The highest BCUT2D eigenvalue weighted by atomic mass is 32.2. The van der Waals surface area contributed by atoms with Gasteiger partial charge in [0.05, 0.1) is 11.9 Å². The minimum Gasteiger partial charge on any atom is -0.339 e. The molecule has 0 radical (unpaired) electrons. The molecule has 24 heavy (non-hydrogen) atoms. The van der Waals surface area contributed by atoms with Gasteiger partial charge in [0.1, 0.15) is 6.54 Å². The van der Waals surface area contributed by atoms with Crippen LogP contribution < -0.4 is 10.3 Å². The molecule has 0 aliphatic carbocycles. The van der Waals surface area contributed by atoms with Crippen molar-refractivity contribution < 1.29 is 13.2 Å². The molecule has 0 unspecified atom stereocenters. The number of rotatable bonds is 6. The number of sulfonamides is 1. The summed E-state index contributed by atoms with van der Waals surface area (Å²) in [7, 11) is -3.33. The lowest BCUT2D eigenvalue weighted by atomic mass is 9.99. The lowest BCUT2D eigenvalue weighted by Gasteiger charge is -2.17. The lowest BCUT2D eigenvalue weighted by Crippen LogP contribution is -2.41. The van der Waals surface area contributed by atoms with Crippen molar-refractivity contribution in [2.24, 2.45) is 5.92 Å². The quantitative estimate of drug-likeness (QED) is 0.756. The van der Waals surface area contributed by atoms with Crippen molar-refractivity contribution >= 4 is 15.9 Å². The van der Waals surface area contributed by atoms with Gasteiger partial charge in [-0.25, -0.2) is 17.8 Å². The highest BCUT2D eigenvalue weighted by molar-refractivity contribution is 7.88. The highest BCUT2D eigenvalue weighted by Crippen LogP contribution is 2.22. The second kappa shape index (κ2) is 7.43. The van der Waals surface area contributed by atoms with Crippen molar-refractivity contribution in [3.05, 3.63) is 28.2 Å². The van der Waals surface area contributed by atoms with Gasteiger partial charge in [0.15, 0.2) is 0 Å². The first-order valence-electron chi connectivity index (χ1n) is 7.99. The summed E-state index contributed by atoms with van der Waals surface area (Å²) < 4.78 is 26.8. The number of hydrogen-bond donors (Lipinski definition) is 1. The third-order valence-corrected chi connectivity index (χ3v) is 4.83. The van der Waals surface area contributed by atoms with Gasteiger partial charge in [-0.2, -0.15) is 5.10 Å². The van der Waals surface area contributed by atoms with Crippen LogP contribution in [0.15, 0.2) is 16.9 Å². The average molecular weight is 356 g/mol. The first-order valence-corrected chi connectivity index (χ1v) is 9.88. The van der Waals surface area contributed by atoms with Crippen molar-refractivity contribution in [3.63, 3.8) is 0 Å². The Morgan fingerprint density at radius 1 is 1.38 bits per heavy atom. The first kappa shape index (κ1) is 18.6. The van der Waals surface area contributed by atoms with Gasteiger partial charge in [0.2, 0.25) is 15.9 Å². The second-order valence-corrected chi connectivity index (χ2v) is 8.09. The molecule has 8 nitrogen and oxygen atoms in total. The number of hydrogen-bond acceptors (Lipinski definition) is 5. The maximum atomic E-state index is 12.5. The van der Waals surface area contributed by atoms with Crippen molar-refractivity contribution in [2.45, 2.75) is 39.3 Å². The van der Waals surface area contributed by atoms with Gasteiger partial charge in [0, 0.05) is 25.2 Å². The third kappa shape index (κ3) is 4.88. The Bertz CT molecular complexity index is 759. The molecule has 9 heteroatoms. The maximum Gasteiger partial charge on any atom is 0.267 e. The lowest BCUT2D eigenvalue weighted by molar-refractivity contribution is -0.131. The Kier molecular flexibility index (Phi) is 5.76. The predicted molar refractivity (Wildman–Crippen MR) is 90.0 cm³/mol. The molecule has 134 valence electrons. The van der Waals surface area contributed by atoms with Gasteiger partial charge in [-0.3, -0.25) is 9.59 Å². The molecule has 0 bridgehead atoms. The smallest absolute Gasteiger partial charge is 0.267 e. The van der Waals surface area contributed by atoms with Crippen LogP contribution in [0.25, 0.3) is 0 Å². The standard InChI is InChI=1S/C15H24N4O4S/c1-4-5-12-8-18(9-13(12)17-24(3,22)23)15(21)10-19-14(20)7-6-11(2)16-19/h6-7,12-13,17H,4-5,8-10H2,1-3H3/t12-,13-/m1/s1. The predicted octanol–water partition coefficient (Wildman–Crippen LogP) is -0.272. The van der Waals surface area contributed by atoms with Crippen LogP contribution in [0, 0.1) is 12.8 Å². The summed E-state index contributed by atoms with van der Waals surface area (Å²) in [6, 6.07) is 2.70. The molecule has 0 saturated carbocycles. The fourth-order valence-electron chi connectivity index (χ4n) is 3.04. The fourth-order valence-corrected chi connectivity index (χ4v) is 3.86. The number of nitrogens with one attached hydrogen (secondary N) is 1. The van der Waals surface area contributed by atoms with E-state index in [2.05, 4.69) is 9.82 Å². The zero-order chi connectivity index (χ0) is 17.9. The van der Waals surface area contributed by atoms with Crippen LogP contribution in [0.5, 0.6) is 0 Å². The van der Waals surface area contributed by atoms with E-state index in [9.17, 15) is 18.0 Å². The summed E-state index contributed by atoms with van der Waals surface area (Å²) >= 11 is 0. The number of likely N-dealkylation sites (tertiary alicyclic amines) is 1. The average Bonchev–Trinajstić information content (AvgIpc) is 2.84. The number of carbonyl (C=O) groups excluding carboxylic acids is 1. The molecular formula is C15H24N4O4S. The van der Waals surface area contributed by atoms with Crippen molar-refractivity contribution in [1.29, 1.82) is 0 Å². The van der Waals surface area contributed by atoms with Crippen molar-refractivity contribution in [3.8, 4) is 0 Å². The maximum absolute atomic E-state index is 12.5. The molecule has 2 atom stereocenters. The van der Waals surface area contributed by atoms with E-state index in [4.69, 9.17) is 0 Å². The molecule has 1 aromatic heterocycles. The topological polar surface area (TPSA) is 101 Å². The Morgan fingerprint density at radius 3 is 2.71 bits per heavy atom. The van der Waals surface area contributed by atoms with E-state index in [0.717, 1.165) is 23.8 Å². The number of aryl methyl sites for hydroxylation is 1. The Labute approximate surface area is 141 Å². The van der Waals surface area contributed by atoms with E-state index >= 15 is 0 Å². The number of aromatic nitrogens is 2. The van der Waals surface area contributed by atoms with Crippen LogP contribution in [0.4, 0.5) is 0 Å². The van der Waals surface area contributed by atoms with E-state index in [1.54, 1.807) is 17.9 Å². The molecule has 1 aliphatic rings. The van der Waals surface area contributed by atoms with Gasteiger partial charge < -0.3 is 4.90 Å². The molecule has 2 rings (SSSR count). The normalized spacial score (nSPS) is 21.2. The van der Waals surface area contributed by atoms with Gasteiger partial charge in [-0.05, 0) is 25.3 Å². The van der Waals surface area contributed by atoms with Gasteiger partial charge in [0.25, 0.3) is 5.56 Å². The molecule has 1 aromatic rings. The minimum absolute atomic E-state index is 0.0795. The summed E-state index contributed by atoms with van der Waals surface area (Å²) in [4.78, 5) is 25.9. The Hall–Kier alpha value is -1.74. The summed E-state index contributed by atoms with van der Waals surface area (Å²) in [5.41, 5.74) is 0.327.